The van der Waals surface area contributed by atoms with Crippen LogP contribution in [0.2, 0.25) is 0 Å². The van der Waals surface area contributed by atoms with E-state index in [2.05, 4.69) is 10.6 Å². The summed E-state index contributed by atoms with van der Waals surface area (Å²) >= 11 is 0. The van der Waals surface area contributed by atoms with Crippen LogP contribution in [0.25, 0.3) is 0 Å². The summed E-state index contributed by atoms with van der Waals surface area (Å²) in [6, 6.07) is 7.18. The van der Waals surface area contributed by atoms with Gasteiger partial charge in [-0.25, -0.2) is 0 Å². The molecule has 5 nitrogen and oxygen atoms in total. The van der Waals surface area contributed by atoms with E-state index in [1.807, 2.05) is 0 Å². The fourth-order valence-corrected chi connectivity index (χ4v) is 2.72. The number of carbonyl (C=O) groups is 2. The van der Waals surface area contributed by atoms with E-state index in [0.29, 0.717) is 5.69 Å². The molecular formula is C16H22ClN3O2. The van der Waals surface area contributed by atoms with Gasteiger partial charge in [-0.15, -0.1) is 12.4 Å². The topological polar surface area (TPSA) is 84.2 Å². The molecule has 22 heavy (non-hydrogen) atoms. The first kappa shape index (κ1) is 16.8. The average Bonchev–Trinajstić information content (AvgIpc) is 3.23. The summed E-state index contributed by atoms with van der Waals surface area (Å²) in [6.07, 6.45) is 5.48. The van der Waals surface area contributed by atoms with E-state index < -0.39 is 5.54 Å². The van der Waals surface area contributed by atoms with Crippen molar-refractivity contribution in [1.29, 1.82) is 0 Å². The van der Waals surface area contributed by atoms with Crippen LogP contribution in [0.5, 0.6) is 0 Å². The van der Waals surface area contributed by atoms with Gasteiger partial charge >= 0.3 is 0 Å². The van der Waals surface area contributed by atoms with Crippen LogP contribution in [0.1, 0.15) is 38.5 Å². The molecule has 4 N–H and O–H groups in total. The van der Waals surface area contributed by atoms with E-state index >= 15 is 0 Å². The van der Waals surface area contributed by atoms with E-state index in [0.717, 1.165) is 44.2 Å². The number of benzene rings is 1. The van der Waals surface area contributed by atoms with Gasteiger partial charge in [-0.3, -0.25) is 9.59 Å². The highest BCUT2D eigenvalue weighted by Gasteiger charge is 2.37. The third-order valence-corrected chi connectivity index (χ3v) is 4.31. The second kappa shape index (κ2) is 6.67. The van der Waals surface area contributed by atoms with Crippen LogP contribution in [-0.2, 0) is 9.59 Å². The Hall–Kier alpha value is -1.59. The summed E-state index contributed by atoms with van der Waals surface area (Å²) in [5, 5.41) is 5.73. The lowest BCUT2D eigenvalue weighted by Crippen LogP contribution is -2.48. The zero-order valence-corrected chi connectivity index (χ0v) is 13.2. The molecule has 6 heteroatoms. The van der Waals surface area contributed by atoms with Crippen molar-refractivity contribution < 1.29 is 9.59 Å². The average molecular weight is 324 g/mol. The molecule has 0 aromatic heterocycles. The van der Waals surface area contributed by atoms with Gasteiger partial charge in [0.2, 0.25) is 11.8 Å². The molecule has 2 aliphatic carbocycles. The predicted molar refractivity (Wildman–Crippen MR) is 89.1 cm³/mol. The van der Waals surface area contributed by atoms with Gasteiger partial charge in [0.05, 0.1) is 5.54 Å². The van der Waals surface area contributed by atoms with Crippen molar-refractivity contribution in [3.8, 4) is 0 Å². The van der Waals surface area contributed by atoms with Crippen LogP contribution in [0, 0.1) is 5.92 Å². The summed E-state index contributed by atoms with van der Waals surface area (Å²) in [5.74, 6) is 0.150. The number of halogens is 1. The molecule has 0 aliphatic heterocycles. The molecule has 2 fully saturated rings. The SMILES string of the molecule is Cl.NC1(C(=O)Nc2ccc(NC(=O)C3CC3)cc2)CCCC1. The van der Waals surface area contributed by atoms with Crippen molar-refractivity contribution in [2.24, 2.45) is 11.7 Å². The molecule has 0 saturated heterocycles. The standard InChI is InChI=1S/C16H21N3O2.ClH/c17-16(9-1-2-10-16)15(21)19-13-7-5-12(6-8-13)18-14(20)11-3-4-11;/h5-8,11H,1-4,9-10,17H2,(H,18,20)(H,19,21);1H. The van der Waals surface area contributed by atoms with Gasteiger partial charge in [0.15, 0.2) is 0 Å². The molecule has 1 aromatic carbocycles. The largest absolute Gasteiger partial charge is 0.326 e. The minimum Gasteiger partial charge on any atom is -0.326 e. The van der Waals surface area contributed by atoms with Crippen LogP contribution in [0.4, 0.5) is 11.4 Å². The molecule has 0 spiro atoms. The fourth-order valence-electron chi connectivity index (χ4n) is 2.72. The van der Waals surface area contributed by atoms with Gasteiger partial charge in [-0.1, -0.05) is 12.8 Å². The Bertz CT molecular complexity index is 549. The van der Waals surface area contributed by atoms with Crippen molar-refractivity contribution >= 4 is 35.6 Å². The molecule has 0 heterocycles. The third kappa shape index (κ3) is 3.78. The van der Waals surface area contributed by atoms with Gasteiger partial charge in [0.1, 0.15) is 0 Å². The van der Waals surface area contributed by atoms with Gasteiger partial charge in [-0.05, 0) is 49.9 Å². The number of hydrogen-bond acceptors (Lipinski definition) is 3. The molecular weight excluding hydrogens is 302 g/mol. The summed E-state index contributed by atoms with van der Waals surface area (Å²) in [4.78, 5) is 23.8. The number of amides is 2. The Balaban J connectivity index is 0.00000176. The lowest BCUT2D eigenvalue weighted by atomic mass is 9.98. The number of hydrogen-bond donors (Lipinski definition) is 3. The monoisotopic (exact) mass is 323 g/mol. The van der Waals surface area contributed by atoms with Gasteiger partial charge < -0.3 is 16.4 Å². The smallest absolute Gasteiger partial charge is 0.244 e. The maximum atomic E-state index is 12.2. The number of nitrogens with one attached hydrogen (secondary N) is 2. The molecule has 0 bridgehead atoms. The van der Waals surface area contributed by atoms with Crippen molar-refractivity contribution in [2.45, 2.75) is 44.1 Å². The van der Waals surface area contributed by atoms with E-state index in [9.17, 15) is 9.59 Å². The highest BCUT2D eigenvalue weighted by atomic mass is 35.5. The van der Waals surface area contributed by atoms with E-state index in [1.54, 1.807) is 24.3 Å². The number of rotatable bonds is 4. The highest BCUT2D eigenvalue weighted by molar-refractivity contribution is 5.98. The zero-order valence-electron chi connectivity index (χ0n) is 12.4. The quantitative estimate of drug-likeness (QED) is 0.796. The number of anilines is 2. The Morgan fingerprint density at radius 3 is 2.00 bits per heavy atom. The number of carbonyl (C=O) groups excluding carboxylic acids is 2. The summed E-state index contributed by atoms with van der Waals surface area (Å²) in [5.41, 5.74) is 6.86. The van der Waals surface area contributed by atoms with Crippen molar-refractivity contribution in [3.05, 3.63) is 24.3 Å². The zero-order chi connectivity index (χ0) is 14.9. The molecule has 2 amide bonds. The van der Waals surface area contributed by atoms with Gasteiger partial charge in [0.25, 0.3) is 0 Å². The van der Waals surface area contributed by atoms with Crippen LogP contribution >= 0.6 is 12.4 Å². The van der Waals surface area contributed by atoms with Crippen molar-refractivity contribution in [2.75, 3.05) is 10.6 Å². The molecule has 0 unspecified atom stereocenters. The van der Waals surface area contributed by atoms with Crippen molar-refractivity contribution in [3.63, 3.8) is 0 Å². The maximum absolute atomic E-state index is 12.2. The first-order valence-corrected chi connectivity index (χ1v) is 7.58. The normalized spacial score (nSPS) is 19.1. The van der Waals surface area contributed by atoms with E-state index in [-0.39, 0.29) is 30.1 Å². The second-order valence-electron chi connectivity index (χ2n) is 6.16. The van der Waals surface area contributed by atoms with Gasteiger partial charge in [0, 0.05) is 17.3 Å². The summed E-state index contributed by atoms with van der Waals surface area (Å²) in [6.45, 7) is 0. The van der Waals surface area contributed by atoms with Crippen LogP contribution < -0.4 is 16.4 Å². The Morgan fingerprint density at radius 1 is 1.00 bits per heavy atom. The first-order chi connectivity index (χ1) is 10.1. The van der Waals surface area contributed by atoms with Crippen LogP contribution in [0.15, 0.2) is 24.3 Å². The summed E-state index contributed by atoms with van der Waals surface area (Å²) in [7, 11) is 0. The molecule has 2 aliphatic rings. The maximum Gasteiger partial charge on any atom is 0.244 e. The van der Waals surface area contributed by atoms with E-state index in [4.69, 9.17) is 5.73 Å². The fraction of sp³-hybridized carbons (Fsp3) is 0.500. The minimum atomic E-state index is -0.723. The molecule has 3 rings (SSSR count). The predicted octanol–water partition coefficient (Wildman–Crippen LogP) is 2.67. The lowest BCUT2D eigenvalue weighted by Gasteiger charge is -2.22. The Labute approximate surface area is 136 Å². The molecule has 120 valence electrons. The summed E-state index contributed by atoms with van der Waals surface area (Å²) < 4.78 is 0. The van der Waals surface area contributed by atoms with Crippen LogP contribution in [-0.4, -0.2) is 17.4 Å². The highest BCUT2D eigenvalue weighted by Crippen LogP contribution is 2.31. The lowest BCUT2D eigenvalue weighted by molar-refractivity contribution is -0.121. The van der Waals surface area contributed by atoms with Crippen molar-refractivity contribution in [1.82, 2.24) is 0 Å². The minimum absolute atomic E-state index is 0. The van der Waals surface area contributed by atoms with Crippen LogP contribution in [0.3, 0.4) is 0 Å². The molecule has 2 saturated carbocycles. The second-order valence-corrected chi connectivity index (χ2v) is 6.16. The molecule has 1 aromatic rings. The van der Waals surface area contributed by atoms with E-state index in [1.165, 1.54) is 0 Å². The molecule has 0 radical (unpaired) electrons. The first-order valence-electron chi connectivity index (χ1n) is 7.58. The Morgan fingerprint density at radius 2 is 1.50 bits per heavy atom. The van der Waals surface area contributed by atoms with Gasteiger partial charge in [-0.2, -0.15) is 0 Å². The number of nitrogens with two attached hydrogens (primary N) is 1. The Kier molecular flexibility index (Phi) is 5.08. The third-order valence-electron chi connectivity index (χ3n) is 4.31. The molecule has 0 atom stereocenters.